The van der Waals surface area contributed by atoms with Gasteiger partial charge in [0, 0.05) is 13.6 Å². The molecule has 1 aromatic heterocycles. The maximum Gasteiger partial charge on any atom is 0.293 e. The predicted molar refractivity (Wildman–Crippen MR) is 88.3 cm³/mol. The van der Waals surface area contributed by atoms with Crippen molar-refractivity contribution in [2.75, 3.05) is 7.05 Å². The number of aryl methyl sites for hydroxylation is 1. The molecule has 0 saturated carbocycles. The molecule has 0 unspecified atom stereocenters. The van der Waals surface area contributed by atoms with Crippen LogP contribution in [-0.2, 0) is 6.54 Å². The van der Waals surface area contributed by atoms with E-state index in [4.69, 9.17) is 0 Å². The molecule has 3 aromatic rings. The van der Waals surface area contributed by atoms with Crippen molar-refractivity contribution in [2.24, 2.45) is 0 Å². The smallest absolute Gasteiger partial charge is 0.293 e. The Morgan fingerprint density at radius 1 is 1.12 bits per heavy atom. The van der Waals surface area contributed by atoms with E-state index in [9.17, 15) is 9.18 Å². The first-order valence-corrected chi connectivity index (χ1v) is 7.53. The summed E-state index contributed by atoms with van der Waals surface area (Å²) in [6.07, 6.45) is 0. The van der Waals surface area contributed by atoms with Gasteiger partial charge in [-0.3, -0.25) is 4.79 Å². The average Bonchev–Trinajstić information content (AvgIpc) is 2.97. The molecule has 2 aromatic carbocycles. The maximum absolute atomic E-state index is 13.0. The molecule has 0 aliphatic rings. The number of nitrogens with zero attached hydrogens (tertiary/aromatic N) is 4. The van der Waals surface area contributed by atoms with Gasteiger partial charge in [-0.15, -0.1) is 5.10 Å². The van der Waals surface area contributed by atoms with Crippen LogP contribution in [0, 0.1) is 12.7 Å². The second-order valence-electron chi connectivity index (χ2n) is 5.52. The van der Waals surface area contributed by atoms with Crippen LogP contribution in [-0.4, -0.2) is 32.6 Å². The molecule has 0 fully saturated rings. The van der Waals surface area contributed by atoms with E-state index >= 15 is 0 Å². The lowest BCUT2D eigenvalue weighted by Gasteiger charge is -2.15. The summed E-state index contributed by atoms with van der Waals surface area (Å²) in [7, 11) is 1.71. The van der Waals surface area contributed by atoms with E-state index in [2.05, 4.69) is 10.1 Å². The minimum atomic E-state index is -0.324. The highest BCUT2D eigenvalue weighted by atomic mass is 19.1. The molecule has 0 bridgehead atoms. The standard InChI is InChI=1S/C18H17FN4O/c1-13-20-17(21-23(13)16-10-8-15(19)9-11-16)18(24)22(2)12-14-6-4-3-5-7-14/h3-11H,12H2,1-2H3. The van der Waals surface area contributed by atoms with Crippen LogP contribution in [0.2, 0.25) is 0 Å². The second kappa shape index (κ2) is 6.62. The Morgan fingerprint density at radius 3 is 2.46 bits per heavy atom. The number of amides is 1. The van der Waals surface area contributed by atoms with E-state index in [1.54, 1.807) is 31.0 Å². The van der Waals surface area contributed by atoms with Crippen molar-refractivity contribution < 1.29 is 9.18 Å². The zero-order valence-corrected chi connectivity index (χ0v) is 13.5. The summed E-state index contributed by atoms with van der Waals surface area (Å²) in [5.74, 6) is 0.103. The summed E-state index contributed by atoms with van der Waals surface area (Å²) in [5, 5.41) is 4.26. The van der Waals surface area contributed by atoms with Gasteiger partial charge in [-0.1, -0.05) is 30.3 Å². The fourth-order valence-corrected chi connectivity index (χ4v) is 2.41. The number of carbonyl (C=O) groups is 1. The third-order valence-electron chi connectivity index (χ3n) is 3.64. The summed E-state index contributed by atoms with van der Waals surface area (Å²) in [6.45, 7) is 2.23. The van der Waals surface area contributed by atoms with Gasteiger partial charge in [-0.05, 0) is 36.8 Å². The van der Waals surface area contributed by atoms with Gasteiger partial charge in [0.05, 0.1) is 5.69 Å². The fraction of sp³-hybridized carbons (Fsp3) is 0.167. The Balaban J connectivity index is 1.81. The number of benzene rings is 2. The first-order valence-electron chi connectivity index (χ1n) is 7.53. The van der Waals surface area contributed by atoms with Crippen LogP contribution >= 0.6 is 0 Å². The Bertz CT molecular complexity index is 843. The quantitative estimate of drug-likeness (QED) is 0.741. The molecular formula is C18H17FN4O. The van der Waals surface area contributed by atoms with Crippen molar-refractivity contribution in [2.45, 2.75) is 13.5 Å². The van der Waals surface area contributed by atoms with Crippen LogP contribution in [0.5, 0.6) is 0 Å². The Morgan fingerprint density at radius 2 is 1.79 bits per heavy atom. The largest absolute Gasteiger partial charge is 0.335 e. The molecule has 5 nitrogen and oxygen atoms in total. The second-order valence-corrected chi connectivity index (χ2v) is 5.52. The topological polar surface area (TPSA) is 51.0 Å². The van der Waals surface area contributed by atoms with Gasteiger partial charge in [0.15, 0.2) is 0 Å². The molecule has 24 heavy (non-hydrogen) atoms. The van der Waals surface area contributed by atoms with Gasteiger partial charge >= 0.3 is 0 Å². The molecule has 1 amide bonds. The third-order valence-corrected chi connectivity index (χ3v) is 3.64. The molecule has 1 heterocycles. The monoisotopic (exact) mass is 324 g/mol. The number of hydrogen-bond donors (Lipinski definition) is 0. The van der Waals surface area contributed by atoms with E-state index in [-0.39, 0.29) is 17.5 Å². The molecule has 122 valence electrons. The summed E-state index contributed by atoms with van der Waals surface area (Å²) in [5.41, 5.74) is 1.69. The Labute approximate surface area is 139 Å². The van der Waals surface area contributed by atoms with Gasteiger partial charge in [-0.25, -0.2) is 14.1 Å². The number of halogens is 1. The maximum atomic E-state index is 13.0. The van der Waals surface area contributed by atoms with Crippen molar-refractivity contribution in [3.8, 4) is 5.69 Å². The third kappa shape index (κ3) is 3.32. The zero-order chi connectivity index (χ0) is 17.1. The van der Waals surface area contributed by atoms with Crippen LogP contribution in [0.3, 0.4) is 0 Å². The Hall–Kier alpha value is -3.02. The highest BCUT2D eigenvalue weighted by Gasteiger charge is 2.19. The number of rotatable bonds is 4. The first kappa shape index (κ1) is 15.9. The SMILES string of the molecule is Cc1nc(C(=O)N(C)Cc2ccccc2)nn1-c1ccc(F)cc1. The van der Waals surface area contributed by atoms with Crippen LogP contribution in [0.4, 0.5) is 4.39 Å². The molecule has 0 aliphatic carbocycles. The highest BCUT2D eigenvalue weighted by molar-refractivity contribution is 5.90. The summed E-state index contributed by atoms with van der Waals surface area (Å²) in [4.78, 5) is 18.3. The highest BCUT2D eigenvalue weighted by Crippen LogP contribution is 2.12. The van der Waals surface area contributed by atoms with Crippen molar-refractivity contribution >= 4 is 5.91 Å². The summed E-state index contributed by atoms with van der Waals surface area (Å²) < 4.78 is 14.6. The molecule has 0 radical (unpaired) electrons. The molecule has 0 saturated heterocycles. The lowest BCUT2D eigenvalue weighted by atomic mass is 10.2. The van der Waals surface area contributed by atoms with Gasteiger partial charge in [-0.2, -0.15) is 0 Å². The molecule has 0 spiro atoms. The van der Waals surface area contributed by atoms with Gasteiger partial charge in [0.1, 0.15) is 11.6 Å². The number of carbonyl (C=O) groups excluding carboxylic acids is 1. The van der Waals surface area contributed by atoms with Crippen molar-refractivity contribution in [1.82, 2.24) is 19.7 Å². The Kier molecular flexibility index (Phi) is 4.37. The number of hydrogen-bond acceptors (Lipinski definition) is 3. The van der Waals surface area contributed by atoms with Gasteiger partial charge < -0.3 is 4.90 Å². The van der Waals surface area contributed by atoms with Gasteiger partial charge in [0.2, 0.25) is 5.82 Å². The fourth-order valence-electron chi connectivity index (χ4n) is 2.41. The van der Waals surface area contributed by atoms with Crippen molar-refractivity contribution in [1.29, 1.82) is 0 Å². The van der Waals surface area contributed by atoms with Crippen LogP contribution in [0.25, 0.3) is 5.69 Å². The lowest BCUT2D eigenvalue weighted by molar-refractivity contribution is 0.0773. The van der Waals surface area contributed by atoms with E-state index < -0.39 is 0 Å². The van der Waals surface area contributed by atoms with Gasteiger partial charge in [0.25, 0.3) is 5.91 Å². The minimum Gasteiger partial charge on any atom is -0.335 e. The molecular weight excluding hydrogens is 307 g/mol. The van der Waals surface area contributed by atoms with Crippen LogP contribution in [0.1, 0.15) is 22.0 Å². The average molecular weight is 324 g/mol. The van der Waals surface area contributed by atoms with E-state index in [0.29, 0.717) is 18.1 Å². The summed E-state index contributed by atoms with van der Waals surface area (Å²) in [6, 6.07) is 15.6. The minimum absolute atomic E-state index is 0.121. The molecule has 3 rings (SSSR count). The van der Waals surface area contributed by atoms with Crippen LogP contribution < -0.4 is 0 Å². The number of aromatic nitrogens is 3. The van der Waals surface area contributed by atoms with Crippen molar-refractivity contribution in [3.05, 3.63) is 77.6 Å². The summed E-state index contributed by atoms with van der Waals surface area (Å²) >= 11 is 0. The molecule has 0 atom stereocenters. The normalized spacial score (nSPS) is 10.6. The molecule has 0 aliphatic heterocycles. The predicted octanol–water partition coefficient (Wildman–Crippen LogP) is 2.99. The molecule has 0 N–H and O–H groups in total. The zero-order valence-electron chi connectivity index (χ0n) is 13.5. The van der Waals surface area contributed by atoms with E-state index in [1.807, 2.05) is 30.3 Å². The van der Waals surface area contributed by atoms with E-state index in [1.165, 1.54) is 16.8 Å². The first-order chi connectivity index (χ1) is 11.5. The van der Waals surface area contributed by atoms with Crippen molar-refractivity contribution in [3.63, 3.8) is 0 Å². The van der Waals surface area contributed by atoms with Crippen LogP contribution in [0.15, 0.2) is 54.6 Å². The molecule has 6 heteroatoms. The van der Waals surface area contributed by atoms with E-state index in [0.717, 1.165) is 5.56 Å². The lowest BCUT2D eigenvalue weighted by Crippen LogP contribution is -2.27.